The molecule has 68 valence electrons. The summed E-state index contributed by atoms with van der Waals surface area (Å²) in [4.78, 5) is 10.7. The van der Waals surface area contributed by atoms with Crippen LogP contribution in [0.15, 0.2) is 24.8 Å². The molecule has 2 heteroatoms. The van der Waals surface area contributed by atoms with E-state index < -0.39 is 0 Å². The second-order valence-corrected chi connectivity index (χ2v) is 2.96. The summed E-state index contributed by atoms with van der Waals surface area (Å²) in [6, 6.07) is 5.73. The first-order chi connectivity index (χ1) is 6.13. The molecule has 0 saturated carbocycles. The quantitative estimate of drug-likeness (QED) is 0.735. The average molecular weight is 175 g/mol. The van der Waals surface area contributed by atoms with Crippen molar-refractivity contribution in [3.05, 3.63) is 35.9 Å². The SMILES string of the molecule is C=Cc1ccc(NC(C)=O)cc1C. The molecule has 0 bridgehead atoms. The third-order valence-electron chi connectivity index (χ3n) is 1.81. The van der Waals surface area contributed by atoms with Crippen LogP contribution in [0.1, 0.15) is 18.1 Å². The Balaban J connectivity index is 2.95. The van der Waals surface area contributed by atoms with Crippen LogP contribution in [0.3, 0.4) is 0 Å². The molecule has 1 aromatic rings. The molecule has 1 amide bonds. The molecule has 1 N–H and O–H groups in total. The van der Waals surface area contributed by atoms with Gasteiger partial charge in [0, 0.05) is 12.6 Å². The molecule has 0 aliphatic carbocycles. The molecule has 0 unspecified atom stereocenters. The topological polar surface area (TPSA) is 29.1 Å². The van der Waals surface area contributed by atoms with Crippen LogP contribution in [-0.2, 0) is 4.79 Å². The van der Waals surface area contributed by atoms with E-state index in [-0.39, 0.29) is 5.91 Å². The second-order valence-electron chi connectivity index (χ2n) is 2.96. The van der Waals surface area contributed by atoms with Gasteiger partial charge in [-0.05, 0) is 30.2 Å². The molecule has 0 heterocycles. The van der Waals surface area contributed by atoms with Crippen molar-refractivity contribution >= 4 is 17.7 Å². The molecular weight excluding hydrogens is 162 g/mol. The van der Waals surface area contributed by atoms with Crippen molar-refractivity contribution in [2.24, 2.45) is 0 Å². The summed E-state index contributed by atoms with van der Waals surface area (Å²) in [6.07, 6.45) is 1.80. The van der Waals surface area contributed by atoms with Crippen molar-refractivity contribution in [1.82, 2.24) is 0 Å². The van der Waals surface area contributed by atoms with E-state index in [0.717, 1.165) is 16.8 Å². The number of hydrogen-bond acceptors (Lipinski definition) is 1. The summed E-state index contributed by atoms with van der Waals surface area (Å²) in [5.41, 5.74) is 3.03. The summed E-state index contributed by atoms with van der Waals surface area (Å²) in [7, 11) is 0. The van der Waals surface area contributed by atoms with Gasteiger partial charge in [0.15, 0.2) is 0 Å². The Bertz CT molecular complexity index is 342. The van der Waals surface area contributed by atoms with Crippen LogP contribution in [0.4, 0.5) is 5.69 Å². The van der Waals surface area contributed by atoms with E-state index in [2.05, 4.69) is 11.9 Å². The number of rotatable bonds is 2. The number of carbonyl (C=O) groups is 1. The molecule has 2 nitrogen and oxygen atoms in total. The molecule has 0 aliphatic rings. The standard InChI is InChI=1S/C11H13NO/c1-4-10-5-6-11(7-8(10)2)12-9(3)13/h4-7H,1H2,2-3H3,(H,12,13). The molecule has 0 spiro atoms. The Morgan fingerprint density at radius 1 is 1.54 bits per heavy atom. The highest BCUT2D eigenvalue weighted by Gasteiger charge is 1.97. The summed E-state index contributed by atoms with van der Waals surface area (Å²) in [5.74, 6) is -0.0502. The molecule has 0 radical (unpaired) electrons. The lowest BCUT2D eigenvalue weighted by molar-refractivity contribution is -0.114. The van der Waals surface area contributed by atoms with Gasteiger partial charge in [-0.15, -0.1) is 0 Å². The van der Waals surface area contributed by atoms with Crippen molar-refractivity contribution < 1.29 is 4.79 Å². The lowest BCUT2D eigenvalue weighted by Gasteiger charge is -2.05. The van der Waals surface area contributed by atoms with E-state index in [1.807, 2.05) is 25.1 Å². The first kappa shape index (κ1) is 9.52. The molecule has 0 saturated heterocycles. The van der Waals surface area contributed by atoms with Crippen LogP contribution in [0.2, 0.25) is 0 Å². The maximum Gasteiger partial charge on any atom is 0.221 e. The van der Waals surface area contributed by atoms with Gasteiger partial charge >= 0.3 is 0 Å². The van der Waals surface area contributed by atoms with Gasteiger partial charge < -0.3 is 5.32 Å². The van der Waals surface area contributed by atoms with Gasteiger partial charge in [0.25, 0.3) is 0 Å². The summed E-state index contributed by atoms with van der Waals surface area (Å²) >= 11 is 0. The Morgan fingerprint density at radius 2 is 2.23 bits per heavy atom. The van der Waals surface area contributed by atoms with Crippen LogP contribution >= 0.6 is 0 Å². The van der Waals surface area contributed by atoms with Crippen molar-refractivity contribution in [2.45, 2.75) is 13.8 Å². The third kappa shape index (κ3) is 2.44. The van der Waals surface area contributed by atoms with Crippen molar-refractivity contribution in [3.8, 4) is 0 Å². The van der Waals surface area contributed by atoms with Crippen LogP contribution < -0.4 is 5.32 Å². The monoisotopic (exact) mass is 175 g/mol. The maximum absolute atomic E-state index is 10.7. The molecule has 0 aliphatic heterocycles. The summed E-state index contributed by atoms with van der Waals surface area (Å²) in [6.45, 7) is 7.18. The van der Waals surface area contributed by atoms with Crippen molar-refractivity contribution in [2.75, 3.05) is 5.32 Å². The number of hydrogen-bond donors (Lipinski definition) is 1. The van der Waals surface area contributed by atoms with Crippen LogP contribution in [0, 0.1) is 6.92 Å². The van der Waals surface area contributed by atoms with E-state index in [4.69, 9.17) is 0 Å². The zero-order chi connectivity index (χ0) is 9.84. The highest BCUT2D eigenvalue weighted by atomic mass is 16.1. The predicted octanol–water partition coefficient (Wildman–Crippen LogP) is 2.60. The molecule has 1 rings (SSSR count). The number of benzene rings is 1. The van der Waals surface area contributed by atoms with Gasteiger partial charge in [-0.3, -0.25) is 4.79 Å². The Labute approximate surface area is 78.3 Å². The van der Waals surface area contributed by atoms with E-state index >= 15 is 0 Å². The molecular formula is C11H13NO. The molecule has 0 atom stereocenters. The highest BCUT2D eigenvalue weighted by molar-refractivity contribution is 5.88. The van der Waals surface area contributed by atoms with Crippen LogP contribution in [0.25, 0.3) is 6.08 Å². The van der Waals surface area contributed by atoms with E-state index in [1.165, 1.54) is 6.92 Å². The maximum atomic E-state index is 10.7. The largest absolute Gasteiger partial charge is 0.326 e. The van der Waals surface area contributed by atoms with Gasteiger partial charge in [-0.25, -0.2) is 0 Å². The van der Waals surface area contributed by atoms with Crippen LogP contribution in [0.5, 0.6) is 0 Å². The van der Waals surface area contributed by atoms with E-state index in [1.54, 1.807) is 6.08 Å². The van der Waals surface area contributed by atoms with Gasteiger partial charge in [0.2, 0.25) is 5.91 Å². The molecule has 0 fully saturated rings. The zero-order valence-corrected chi connectivity index (χ0v) is 7.92. The Hall–Kier alpha value is -1.57. The highest BCUT2D eigenvalue weighted by Crippen LogP contribution is 2.15. The minimum absolute atomic E-state index is 0.0502. The fourth-order valence-electron chi connectivity index (χ4n) is 1.19. The number of anilines is 1. The first-order valence-corrected chi connectivity index (χ1v) is 4.14. The van der Waals surface area contributed by atoms with Gasteiger partial charge in [0.05, 0.1) is 0 Å². The van der Waals surface area contributed by atoms with Gasteiger partial charge in [-0.1, -0.05) is 18.7 Å². The smallest absolute Gasteiger partial charge is 0.221 e. The minimum Gasteiger partial charge on any atom is -0.326 e. The number of aryl methyl sites for hydroxylation is 1. The van der Waals surface area contributed by atoms with Crippen molar-refractivity contribution in [1.29, 1.82) is 0 Å². The van der Waals surface area contributed by atoms with Gasteiger partial charge in [-0.2, -0.15) is 0 Å². The average Bonchev–Trinajstić information content (AvgIpc) is 2.03. The predicted molar refractivity (Wildman–Crippen MR) is 55.6 cm³/mol. The molecule has 13 heavy (non-hydrogen) atoms. The van der Waals surface area contributed by atoms with E-state index in [9.17, 15) is 4.79 Å². The lowest BCUT2D eigenvalue weighted by Crippen LogP contribution is -2.05. The summed E-state index contributed by atoms with van der Waals surface area (Å²) < 4.78 is 0. The second kappa shape index (κ2) is 3.90. The summed E-state index contributed by atoms with van der Waals surface area (Å²) in [5, 5.41) is 2.72. The Kier molecular flexibility index (Phi) is 2.85. The number of carbonyl (C=O) groups excluding carboxylic acids is 1. The van der Waals surface area contributed by atoms with Gasteiger partial charge in [0.1, 0.15) is 0 Å². The zero-order valence-electron chi connectivity index (χ0n) is 7.92. The normalized spacial score (nSPS) is 9.38. The fourth-order valence-corrected chi connectivity index (χ4v) is 1.19. The number of amides is 1. The minimum atomic E-state index is -0.0502. The lowest BCUT2D eigenvalue weighted by atomic mass is 10.1. The van der Waals surface area contributed by atoms with Crippen LogP contribution in [-0.4, -0.2) is 5.91 Å². The third-order valence-corrected chi connectivity index (χ3v) is 1.81. The molecule has 0 aromatic heterocycles. The fraction of sp³-hybridized carbons (Fsp3) is 0.182. The number of nitrogens with one attached hydrogen (secondary N) is 1. The van der Waals surface area contributed by atoms with E-state index in [0.29, 0.717) is 0 Å². The first-order valence-electron chi connectivity index (χ1n) is 4.14. The molecule has 1 aromatic carbocycles. The van der Waals surface area contributed by atoms with Crippen molar-refractivity contribution in [3.63, 3.8) is 0 Å². The Morgan fingerprint density at radius 3 is 2.69 bits per heavy atom.